The van der Waals surface area contributed by atoms with Gasteiger partial charge in [-0.2, -0.15) is 5.26 Å². The van der Waals surface area contributed by atoms with Crippen molar-refractivity contribution in [3.8, 4) is 6.07 Å². The van der Waals surface area contributed by atoms with Crippen molar-refractivity contribution in [3.05, 3.63) is 53.2 Å². The van der Waals surface area contributed by atoms with Crippen molar-refractivity contribution in [3.63, 3.8) is 0 Å². The molecule has 2 aromatic rings. The molecule has 1 unspecified atom stereocenters. The quantitative estimate of drug-likeness (QED) is 0.927. The van der Waals surface area contributed by atoms with Crippen LogP contribution in [0.25, 0.3) is 0 Å². The van der Waals surface area contributed by atoms with Gasteiger partial charge in [-0.1, -0.05) is 45.0 Å². The number of nitrogens with zero attached hydrogens (tertiary/aromatic N) is 3. The summed E-state index contributed by atoms with van der Waals surface area (Å²) in [6.07, 6.45) is 0. The van der Waals surface area contributed by atoms with Crippen LogP contribution in [0.4, 0.5) is 5.82 Å². The normalized spacial score (nSPS) is 12.5. The maximum Gasteiger partial charge on any atom is 0.163 e. The molecule has 4 heteroatoms. The summed E-state index contributed by atoms with van der Waals surface area (Å²) in [5.41, 5.74) is 2.83. The highest BCUT2D eigenvalue weighted by atomic mass is 15.2. The lowest BCUT2D eigenvalue weighted by molar-refractivity contribution is 0.345. The van der Waals surface area contributed by atoms with Gasteiger partial charge < -0.3 is 5.32 Å². The zero-order chi connectivity index (χ0) is 15.5. The average Bonchev–Trinajstić information content (AvgIpc) is 2.45. The number of nitriles is 1. The molecule has 0 bridgehead atoms. The van der Waals surface area contributed by atoms with Gasteiger partial charge in [-0.3, -0.25) is 0 Å². The van der Waals surface area contributed by atoms with Crippen LogP contribution in [0.1, 0.15) is 43.6 Å². The van der Waals surface area contributed by atoms with E-state index in [-0.39, 0.29) is 11.5 Å². The third-order valence-corrected chi connectivity index (χ3v) is 3.44. The van der Waals surface area contributed by atoms with Crippen LogP contribution in [0.15, 0.2) is 36.4 Å². The Morgan fingerprint density at radius 2 is 1.81 bits per heavy atom. The van der Waals surface area contributed by atoms with E-state index < -0.39 is 0 Å². The van der Waals surface area contributed by atoms with Crippen LogP contribution < -0.4 is 5.32 Å². The molecule has 1 atom stereocenters. The summed E-state index contributed by atoms with van der Waals surface area (Å²) in [5.74, 6) is 0.678. The zero-order valence-corrected chi connectivity index (χ0v) is 12.9. The largest absolute Gasteiger partial charge is 0.361 e. The van der Waals surface area contributed by atoms with Gasteiger partial charge in [0.15, 0.2) is 5.69 Å². The van der Waals surface area contributed by atoms with Crippen LogP contribution in [0.3, 0.4) is 0 Å². The molecule has 1 N–H and O–H groups in total. The highest BCUT2D eigenvalue weighted by Gasteiger charge is 2.27. The number of nitrogens with one attached hydrogen (secondary N) is 1. The highest BCUT2D eigenvalue weighted by molar-refractivity contribution is 5.42. The third kappa shape index (κ3) is 3.57. The Balaban J connectivity index is 2.34. The summed E-state index contributed by atoms with van der Waals surface area (Å²) >= 11 is 0. The maximum atomic E-state index is 8.78. The molecule has 1 heterocycles. The summed E-state index contributed by atoms with van der Waals surface area (Å²) in [6.45, 7) is 8.68. The van der Waals surface area contributed by atoms with Crippen molar-refractivity contribution in [2.45, 2.75) is 33.7 Å². The number of rotatable bonds is 3. The Labute approximate surface area is 125 Å². The zero-order valence-electron chi connectivity index (χ0n) is 12.9. The van der Waals surface area contributed by atoms with Crippen molar-refractivity contribution in [2.24, 2.45) is 5.41 Å². The van der Waals surface area contributed by atoms with Gasteiger partial charge in [0.05, 0.1) is 6.04 Å². The second kappa shape index (κ2) is 5.92. The number of aromatic nitrogens is 2. The minimum Gasteiger partial charge on any atom is -0.361 e. The Morgan fingerprint density at radius 1 is 1.10 bits per heavy atom. The standard InChI is InChI=1S/C17H20N4/c1-12-7-5-6-8-14(12)16(17(2,3)4)19-15-10-9-13(11-18)20-21-15/h5-10,16H,1-4H3,(H,19,21). The van der Waals surface area contributed by atoms with Crippen LogP contribution >= 0.6 is 0 Å². The molecule has 0 aliphatic heterocycles. The first-order chi connectivity index (χ1) is 9.91. The first-order valence-electron chi connectivity index (χ1n) is 6.97. The van der Waals surface area contributed by atoms with Gasteiger partial charge in [0.2, 0.25) is 0 Å². The second-order valence-corrected chi connectivity index (χ2v) is 6.22. The van der Waals surface area contributed by atoms with E-state index in [9.17, 15) is 0 Å². The van der Waals surface area contributed by atoms with Gasteiger partial charge in [0, 0.05) is 0 Å². The number of hydrogen-bond acceptors (Lipinski definition) is 4. The molecule has 0 saturated carbocycles. The van der Waals surface area contributed by atoms with E-state index in [0.29, 0.717) is 11.5 Å². The smallest absolute Gasteiger partial charge is 0.163 e. The Hall–Kier alpha value is -2.41. The van der Waals surface area contributed by atoms with Crippen molar-refractivity contribution < 1.29 is 0 Å². The van der Waals surface area contributed by atoms with E-state index in [1.165, 1.54) is 11.1 Å². The monoisotopic (exact) mass is 280 g/mol. The van der Waals surface area contributed by atoms with Gasteiger partial charge >= 0.3 is 0 Å². The van der Waals surface area contributed by atoms with Gasteiger partial charge in [0.1, 0.15) is 11.9 Å². The molecule has 21 heavy (non-hydrogen) atoms. The van der Waals surface area contributed by atoms with Crippen molar-refractivity contribution in [1.29, 1.82) is 5.26 Å². The van der Waals surface area contributed by atoms with Crippen molar-refractivity contribution in [1.82, 2.24) is 10.2 Å². The SMILES string of the molecule is Cc1ccccc1C(Nc1ccc(C#N)nn1)C(C)(C)C. The third-order valence-electron chi connectivity index (χ3n) is 3.44. The van der Waals surface area contributed by atoms with E-state index in [4.69, 9.17) is 5.26 Å². The first-order valence-corrected chi connectivity index (χ1v) is 6.97. The maximum absolute atomic E-state index is 8.78. The van der Waals surface area contributed by atoms with Crippen LogP contribution in [0.2, 0.25) is 0 Å². The number of anilines is 1. The molecule has 1 aromatic heterocycles. The summed E-state index contributed by atoms with van der Waals surface area (Å²) < 4.78 is 0. The molecule has 0 aliphatic carbocycles. The fourth-order valence-corrected chi connectivity index (χ4v) is 2.29. The van der Waals surface area contributed by atoms with Crippen LogP contribution in [0, 0.1) is 23.7 Å². The molecule has 0 amide bonds. The van der Waals surface area contributed by atoms with E-state index >= 15 is 0 Å². The average molecular weight is 280 g/mol. The summed E-state index contributed by atoms with van der Waals surface area (Å²) in [6, 6.07) is 13.9. The van der Waals surface area contributed by atoms with Gasteiger partial charge in [-0.15, -0.1) is 10.2 Å². The lowest BCUT2D eigenvalue weighted by Crippen LogP contribution is -2.27. The molecule has 2 rings (SSSR count). The fourth-order valence-electron chi connectivity index (χ4n) is 2.29. The Morgan fingerprint density at radius 3 is 2.33 bits per heavy atom. The van der Waals surface area contributed by atoms with Crippen LogP contribution in [-0.4, -0.2) is 10.2 Å². The summed E-state index contributed by atoms with van der Waals surface area (Å²) in [4.78, 5) is 0. The molecule has 0 fully saturated rings. The predicted octanol–water partition coefficient (Wildman–Crippen LogP) is 3.86. The van der Waals surface area contributed by atoms with E-state index in [1.54, 1.807) is 12.1 Å². The number of benzene rings is 1. The molecule has 4 nitrogen and oxygen atoms in total. The molecule has 0 spiro atoms. The number of aryl methyl sites for hydroxylation is 1. The van der Waals surface area contributed by atoms with Gasteiger partial charge in [0.25, 0.3) is 0 Å². The topological polar surface area (TPSA) is 61.6 Å². The molecule has 1 aromatic carbocycles. The summed E-state index contributed by atoms with van der Waals surface area (Å²) in [7, 11) is 0. The van der Waals surface area contributed by atoms with E-state index in [1.807, 2.05) is 18.2 Å². The molecule has 0 aliphatic rings. The molecule has 0 saturated heterocycles. The van der Waals surface area contributed by atoms with Crippen molar-refractivity contribution in [2.75, 3.05) is 5.32 Å². The van der Waals surface area contributed by atoms with Crippen molar-refractivity contribution >= 4 is 5.82 Å². The Kier molecular flexibility index (Phi) is 4.23. The number of hydrogen-bond donors (Lipinski definition) is 1. The molecule has 108 valence electrons. The highest BCUT2D eigenvalue weighted by Crippen LogP contribution is 2.36. The minimum atomic E-state index is 0.0156. The van der Waals surface area contributed by atoms with Gasteiger partial charge in [-0.05, 0) is 35.6 Å². The van der Waals surface area contributed by atoms with Crippen LogP contribution in [0.5, 0.6) is 0 Å². The van der Waals surface area contributed by atoms with E-state index in [0.717, 1.165) is 0 Å². The van der Waals surface area contributed by atoms with Crippen LogP contribution in [-0.2, 0) is 0 Å². The molecular weight excluding hydrogens is 260 g/mol. The first kappa shape index (κ1) is 15.0. The fraction of sp³-hybridized carbons (Fsp3) is 0.353. The summed E-state index contributed by atoms with van der Waals surface area (Å²) in [5, 5.41) is 20.2. The van der Waals surface area contributed by atoms with E-state index in [2.05, 4.69) is 55.3 Å². The minimum absolute atomic E-state index is 0.0156. The molecular formula is C17H20N4. The lowest BCUT2D eigenvalue weighted by atomic mass is 9.81. The van der Waals surface area contributed by atoms with Gasteiger partial charge in [-0.25, -0.2) is 0 Å². The molecule has 0 radical (unpaired) electrons. The predicted molar refractivity (Wildman–Crippen MR) is 83.7 cm³/mol. The lowest BCUT2D eigenvalue weighted by Gasteiger charge is -2.33. The second-order valence-electron chi connectivity index (χ2n) is 6.22. The Bertz CT molecular complexity index is 648.